The molecule has 0 radical (unpaired) electrons. The van der Waals surface area contributed by atoms with Gasteiger partial charge in [-0.15, -0.1) is 0 Å². The molecule has 0 N–H and O–H groups in total. The molecular formula is C12H19S+. The molecule has 0 spiro atoms. The number of hydrogen-bond donors (Lipinski definition) is 0. The van der Waals surface area contributed by atoms with Gasteiger partial charge in [-0.25, -0.2) is 0 Å². The van der Waals surface area contributed by atoms with E-state index in [2.05, 4.69) is 45.4 Å². The van der Waals surface area contributed by atoms with Crippen LogP contribution in [0.5, 0.6) is 0 Å². The fraction of sp³-hybridized carbons (Fsp3) is 0.500. The van der Waals surface area contributed by atoms with E-state index in [0.717, 1.165) is 0 Å². The van der Waals surface area contributed by atoms with Gasteiger partial charge in [-0.3, -0.25) is 0 Å². The third-order valence-corrected chi connectivity index (χ3v) is 3.14. The predicted molar refractivity (Wildman–Crippen MR) is 63.6 cm³/mol. The van der Waals surface area contributed by atoms with Gasteiger partial charge in [0.15, 0.2) is 0 Å². The topological polar surface area (TPSA) is 0 Å². The molecule has 0 amide bonds. The van der Waals surface area contributed by atoms with Crippen molar-refractivity contribution in [1.82, 2.24) is 0 Å². The second kappa shape index (κ2) is 4.19. The van der Waals surface area contributed by atoms with E-state index < -0.39 is 0 Å². The van der Waals surface area contributed by atoms with Gasteiger partial charge in [0, 0.05) is 5.56 Å². The van der Waals surface area contributed by atoms with E-state index in [1.807, 2.05) is 0 Å². The molecule has 72 valence electrons. The molecule has 0 saturated carbocycles. The summed E-state index contributed by atoms with van der Waals surface area (Å²) in [6.07, 6.45) is 4.61. The Kier molecular flexibility index (Phi) is 3.43. The molecule has 0 bridgehead atoms. The lowest BCUT2D eigenvalue weighted by molar-refractivity contribution is 1.21. The van der Waals surface area contributed by atoms with Crippen LogP contribution >= 0.6 is 0 Å². The van der Waals surface area contributed by atoms with Gasteiger partial charge >= 0.3 is 0 Å². The molecule has 0 aromatic heterocycles. The van der Waals surface area contributed by atoms with Crippen LogP contribution in [-0.4, -0.2) is 12.5 Å². The monoisotopic (exact) mass is 195 g/mol. The summed E-state index contributed by atoms with van der Waals surface area (Å²) in [5.41, 5.74) is 5.85. The van der Waals surface area contributed by atoms with Gasteiger partial charge in [-0.1, -0.05) is 17.7 Å². The van der Waals surface area contributed by atoms with Crippen LogP contribution in [0.25, 0.3) is 0 Å². The molecule has 0 aliphatic carbocycles. The number of aryl methyl sites for hydroxylation is 3. The summed E-state index contributed by atoms with van der Waals surface area (Å²) in [6.45, 7) is 6.62. The first kappa shape index (κ1) is 10.6. The van der Waals surface area contributed by atoms with Gasteiger partial charge in [-0.2, -0.15) is 0 Å². The Morgan fingerprint density at radius 1 is 1.00 bits per heavy atom. The smallest absolute Gasteiger partial charge is 0.0559 e. The standard InChI is InChI=1S/C12H19S/c1-9-6-10(2)12(8-13(4)5)11(3)7-9/h6-7H,8H2,1-5H3/q+1. The Morgan fingerprint density at radius 3 is 1.85 bits per heavy atom. The Bertz CT molecular complexity index is 277. The van der Waals surface area contributed by atoms with E-state index in [1.165, 1.54) is 22.4 Å². The summed E-state index contributed by atoms with van der Waals surface area (Å²) in [5, 5.41) is 0. The van der Waals surface area contributed by atoms with Crippen LogP contribution in [0.15, 0.2) is 12.1 Å². The van der Waals surface area contributed by atoms with Crippen LogP contribution < -0.4 is 0 Å². The SMILES string of the molecule is Cc1cc(C)c(C[S+](C)C)c(C)c1. The molecule has 1 aromatic carbocycles. The van der Waals surface area contributed by atoms with Crippen molar-refractivity contribution in [2.24, 2.45) is 0 Å². The lowest BCUT2D eigenvalue weighted by Crippen LogP contribution is -2.03. The zero-order valence-electron chi connectivity index (χ0n) is 9.27. The normalized spacial score (nSPS) is 10.9. The third kappa shape index (κ3) is 2.77. The highest BCUT2D eigenvalue weighted by Crippen LogP contribution is 2.18. The van der Waals surface area contributed by atoms with Crippen molar-refractivity contribution in [1.29, 1.82) is 0 Å². The van der Waals surface area contributed by atoms with Gasteiger partial charge in [0.1, 0.15) is 5.75 Å². The van der Waals surface area contributed by atoms with E-state index in [4.69, 9.17) is 0 Å². The molecule has 0 unspecified atom stereocenters. The van der Waals surface area contributed by atoms with Crippen LogP contribution in [0.2, 0.25) is 0 Å². The quantitative estimate of drug-likeness (QED) is 0.636. The highest BCUT2D eigenvalue weighted by Gasteiger charge is 2.10. The second-order valence-corrected chi connectivity index (χ2v) is 6.27. The molecule has 0 atom stereocenters. The molecule has 0 aliphatic rings. The maximum Gasteiger partial charge on any atom is 0.133 e. The number of hydrogen-bond acceptors (Lipinski definition) is 0. The average Bonchev–Trinajstić information content (AvgIpc) is 1.96. The minimum absolute atomic E-state index is 0.506. The molecule has 1 rings (SSSR count). The van der Waals surface area contributed by atoms with Gasteiger partial charge in [-0.05, 0) is 42.8 Å². The molecule has 0 saturated heterocycles. The Balaban J connectivity index is 3.06. The Labute approximate surface area is 84.7 Å². The summed E-state index contributed by atoms with van der Waals surface area (Å²) in [7, 11) is 0.506. The molecule has 13 heavy (non-hydrogen) atoms. The summed E-state index contributed by atoms with van der Waals surface area (Å²) in [4.78, 5) is 0. The van der Waals surface area contributed by atoms with Crippen molar-refractivity contribution < 1.29 is 0 Å². The van der Waals surface area contributed by atoms with Crippen LogP contribution in [0.4, 0.5) is 0 Å². The van der Waals surface area contributed by atoms with Crippen molar-refractivity contribution >= 4 is 10.9 Å². The predicted octanol–water partition coefficient (Wildman–Crippen LogP) is 2.99. The van der Waals surface area contributed by atoms with E-state index in [-0.39, 0.29) is 0 Å². The summed E-state index contributed by atoms with van der Waals surface area (Å²) < 4.78 is 0. The first-order chi connectivity index (χ1) is 6.00. The summed E-state index contributed by atoms with van der Waals surface area (Å²) in [5.74, 6) is 1.23. The van der Waals surface area contributed by atoms with Crippen LogP contribution in [0.3, 0.4) is 0 Å². The Morgan fingerprint density at radius 2 is 1.46 bits per heavy atom. The zero-order valence-corrected chi connectivity index (χ0v) is 10.1. The van der Waals surface area contributed by atoms with Crippen molar-refractivity contribution in [3.63, 3.8) is 0 Å². The lowest BCUT2D eigenvalue weighted by Gasteiger charge is -2.08. The highest BCUT2D eigenvalue weighted by atomic mass is 32.2. The molecule has 0 fully saturated rings. The van der Waals surface area contributed by atoms with E-state index in [9.17, 15) is 0 Å². The summed E-state index contributed by atoms with van der Waals surface area (Å²) >= 11 is 0. The molecule has 0 heterocycles. The second-order valence-electron chi connectivity index (χ2n) is 4.01. The van der Waals surface area contributed by atoms with Gasteiger partial charge in [0.2, 0.25) is 0 Å². The fourth-order valence-corrected chi connectivity index (χ4v) is 2.76. The van der Waals surface area contributed by atoms with Crippen molar-refractivity contribution in [3.05, 3.63) is 34.4 Å². The molecule has 0 nitrogen and oxygen atoms in total. The Hall–Kier alpha value is -0.430. The zero-order chi connectivity index (χ0) is 10.0. The van der Waals surface area contributed by atoms with Crippen LogP contribution in [0, 0.1) is 20.8 Å². The maximum atomic E-state index is 2.30. The van der Waals surface area contributed by atoms with E-state index in [0.29, 0.717) is 10.9 Å². The summed E-state index contributed by atoms with van der Waals surface area (Å²) in [6, 6.07) is 4.57. The average molecular weight is 195 g/mol. The third-order valence-electron chi connectivity index (χ3n) is 2.27. The minimum Gasteiger partial charge on any atom is -0.0559 e. The molecule has 1 aromatic rings. The largest absolute Gasteiger partial charge is 0.133 e. The lowest BCUT2D eigenvalue weighted by atomic mass is 10.0. The van der Waals surface area contributed by atoms with E-state index >= 15 is 0 Å². The highest BCUT2D eigenvalue weighted by molar-refractivity contribution is 7.94. The molecule has 0 aliphatic heterocycles. The van der Waals surface area contributed by atoms with Crippen LogP contribution in [-0.2, 0) is 16.6 Å². The van der Waals surface area contributed by atoms with Crippen molar-refractivity contribution in [2.75, 3.05) is 12.5 Å². The fourth-order valence-electron chi connectivity index (χ4n) is 1.73. The van der Waals surface area contributed by atoms with E-state index in [1.54, 1.807) is 5.56 Å². The van der Waals surface area contributed by atoms with Crippen LogP contribution in [0.1, 0.15) is 22.3 Å². The molecule has 1 heteroatoms. The van der Waals surface area contributed by atoms with Crippen molar-refractivity contribution in [3.8, 4) is 0 Å². The van der Waals surface area contributed by atoms with Gasteiger partial charge in [0.25, 0.3) is 0 Å². The van der Waals surface area contributed by atoms with Crippen molar-refractivity contribution in [2.45, 2.75) is 26.5 Å². The van der Waals surface area contributed by atoms with Gasteiger partial charge < -0.3 is 0 Å². The first-order valence-electron chi connectivity index (χ1n) is 4.61. The van der Waals surface area contributed by atoms with Gasteiger partial charge in [0.05, 0.1) is 12.5 Å². The number of benzene rings is 1. The first-order valence-corrected chi connectivity index (χ1v) is 6.82. The number of rotatable bonds is 2. The molecular weight excluding hydrogens is 176 g/mol. The minimum atomic E-state index is 0.506. The maximum absolute atomic E-state index is 2.30.